The third kappa shape index (κ3) is 3.61. The highest BCUT2D eigenvalue weighted by Crippen LogP contribution is 2.29. The van der Waals surface area contributed by atoms with Gasteiger partial charge in [-0.05, 0) is 12.1 Å². The largest absolute Gasteiger partial charge is 0.494 e. The Morgan fingerprint density at radius 2 is 2.17 bits per heavy atom. The summed E-state index contributed by atoms with van der Waals surface area (Å²) in [7, 11) is 1.31. The second-order valence-corrected chi connectivity index (χ2v) is 4.36. The molecule has 10 nitrogen and oxygen atoms in total. The van der Waals surface area contributed by atoms with Gasteiger partial charge < -0.3 is 15.2 Å². The lowest BCUT2D eigenvalue weighted by atomic mass is 10.2. The van der Waals surface area contributed by atoms with Gasteiger partial charge in [0.05, 0.1) is 23.8 Å². The van der Waals surface area contributed by atoms with Crippen molar-refractivity contribution in [1.82, 2.24) is 9.78 Å². The van der Waals surface area contributed by atoms with Crippen molar-refractivity contribution in [3.8, 4) is 5.75 Å². The number of rotatable bonds is 6. The van der Waals surface area contributed by atoms with E-state index in [1.54, 1.807) is 0 Å². The minimum Gasteiger partial charge on any atom is -0.494 e. The zero-order valence-electron chi connectivity index (χ0n) is 11.9. The van der Waals surface area contributed by atoms with Crippen molar-refractivity contribution >= 4 is 23.3 Å². The van der Waals surface area contributed by atoms with Crippen molar-refractivity contribution in [3.05, 3.63) is 46.3 Å². The first kappa shape index (κ1) is 15.9. The maximum Gasteiger partial charge on any atom is 0.325 e. The minimum absolute atomic E-state index is 0.0350. The standard InChI is InChI=1S/C13H12N4O6/c1-23-11-6-8(17(21)22)2-3-9(11)15-13(20)10-4-5-14-16(10)7-12(18)19/h2-6H,7H2,1H3,(H,15,20)(H,18,19). The third-order valence-electron chi connectivity index (χ3n) is 2.88. The van der Waals surface area contributed by atoms with Gasteiger partial charge in [0.15, 0.2) is 0 Å². The molecule has 1 aromatic heterocycles. The molecule has 0 bridgehead atoms. The number of methoxy groups -OCH3 is 1. The van der Waals surface area contributed by atoms with Crippen LogP contribution in [0.1, 0.15) is 10.5 Å². The van der Waals surface area contributed by atoms with E-state index in [0.29, 0.717) is 0 Å². The van der Waals surface area contributed by atoms with Crippen LogP contribution in [-0.4, -0.2) is 38.8 Å². The second kappa shape index (κ2) is 6.56. The van der Waals surface area contributed by atoms with E-state index in [1.165, 1.54) is 37.6 Å². The Labute approximate surface area is 129 Å². The molecular formula is C13H12N4O6. The molecule has 2 rings (SSSR count). The number of aromatic nitrogens is 2. The first-order valence-electron chi connectivity index (χ1n) is 6.29. The van der Waals surface area contributed by atoms with Crippen LogP contribution in [0.25, 0.3) is 0 Å². The van der Waals surface area contributed by atoms with E-state index >= 15 is 0 Å². The van der Waals surface area contributed by atoms with Gasteiger partial charge in [-0.1, -0.05) is 0 Å². The van der Waals surface area contributed by atoms with Crippen LogP contribution in [0.4, 0.5) is 11.4 Å². The predicted octanol–water partition coefficient (Wildman–Crippen LogP) is 1.14. The molecule has 0 saturated carbocycles. The minimum atomic E-state index is -1.14. The maximum atomic E-state index is 12.2. The molecule has 120 valence electrons. The van der Waals surface area contributed by atoms with Crippen LogP contribution in [0.5, 0.6) is 5.75 Å². The smallest absolute Gasteiger partial charge is 0.325 e. The second-order valence-electron chi connectivity index (χ2n) is 4.36. The summed E-state index contributed by atoms with van der Waals surface area (Å²) in [5.41, 5.74) is 0.0646. The molecule has 10 heteroatoms. The van der Waals surface area contributed by atoms with E-state index in [1.807, 2.05) is 0 Å². The number of non-ortho nitro benzene ring substituents is 1. The highest BCUT2D eigenvalue weighted by molar-refractivity contribution is 6.04. The zero-order valence-corrected chi connectivity index (χ0v) is 11.9. The molecule has 1 heterocycles. The fraction of sp³-hybridized carbons (Fsp3) is 0.154. The number of carbonyl (C=O) groups excluding carboxylic acids is 1. The fourth-order valence-electron chi connectivity index (χ4n) is 1.86. The topological polar surface area (TPSA) is 137 Å². The zero-order chi connectivity index (χ0) is 17.0. The Hall–Kier alpha value is -3.43. The average molecular weight is 320 g/mol. The molecule has 23 heavy (non-hydrogen) atoms. The van der Waals surface area contributed by atoms with Gasteiger partial charge in [0.1, 0.15) is 18.0 Å². The molecule has 0 atom stereocenters. The Bertz CT molecular complexity index is 770. The summed E-state index contributed by atoms with van der Waals surface area (Å²) in [6.07, 6.45) is 1.30. The van der Waals surface area contributed by atoms with E-state index in [-0.39, 0.29) is 22.8 Å². The van der Waals surface area contributed by atoms with Gasteiger partial charge in [0.2, 0.25) is 0 Å². The molecule has 0 radical (unpaired) electrons. The van der Waals surface area contributed by atoms with E-state index in [4.69, 9.17) is 9.84 Å². The van der Waals surface area contributed by atoms with Crippen LogP contribution >= 0.6 is 0 Å². The first-order chi connectivity index (χ1) is 10.9. The molecule has 1 aromatic carbocycles. The summed E-state index contributed by atoms with van der Waals surface area (Å²) in [6.45, 7) is -0.465. The number of nitro benzene ring substituents is 1. The van der Waals surface area contributed by atoms with Gasteiger partial charge in [-0.2, -0.15) is 5.10 Å². The van der Waals surface area contributed by atoms with Gasteiger partial charge in [0.25, 0.3) is 11.6 Å². The van der Waals surface area contributed by atoms with Crippen LogP contribution in [-0.2, 0) is 11.3 Å². The quantitative estimate of drug-likeness (QED) is 0.601. The molecule has 0 aliphatic carbocycles. The number of carboxylic acids is 1. The van der Waals surface area contributed by atoms with Crippen molar-refractivity contribution in [2.75, 3.05) is 12.4 Å². The number of nitro groups is 1. The van der Waals surface area contributed by atoms with Crippen LogP contribution in [0, 0.1) is 10.1 Å². The summed E-state index contributed by atoms with van der Waals surface area (Å²) in [4.78, 5) is 33.1. The highest BCUT2D eigenvalue weighted by atomic mass is 16.6. The fourth-order valence-corrected chi connectivity index (χ4v) is 1.86. The molecule has 0 aliphatic heterocycles. The lowest BCUT2D eigenvalue weighted by molar-refractivity contribution is -0.384. The summed E-state index contributed by atoms with van der Waals surface area (Å²) in [5, 5.41) is 25.8. The summed E-state index contributed by atoms with van der Waals surface area (Å²) in [6, 6.07) is 5.07. The number of carbonyl (C=O) groups is 2. The number of hydrogen-bond acceptors (Lipinski definition) is 6. The van der Waals surface area contributed by atoms with Crippen molar-refractivity contribution in [2.24, 2.45) is 0 Å². The Balaban J connectivity index is 2.25. The number of hydrogen-bond donors (Lipinski definition) is 2. The van der Waals surface area contributed by atoms with Gasteiger partial charge in [-0.25, -0.2) is 4.68 Å². The number of carboxylic acid groups (broad SMARTS) is 1. The van der Waals surface area contributed by atoms with E-state index in [0.717, 1.165) is 4.68 Å². The molecule has 2 N–H and O–H groups in total. The number of benzene rings is 1. The normalized spacial score (nSPS) is 10.1. The summed E-state index contributed by atoms with van der Waals surface area (Å²) >= 11 is 0. The molecule has 2 aromatic rings. The Morgan fingerprint density at radius 3 is 2.78 bits per heavy atom. The van der Waals surface area contributed by atoms with Gasteiger partial charge >= 0.3 is 5.97 Å². The monoisotopic (exact) mass is 320 g/mol. The number of nitrogens with one attached hydrogen (secondary N) is 1. The van der Waals surface area contributed by atoms with Crippen molar-refractivity contribution in [2.45, 2.75) is 6.54 Å². The highest BCUT2D eigenvalue weighted by Gasteiger charge is 2.17. The number of anilines is 1. The molecular weight excluding hydrogens is 308 g/mol. The van der Waals surface area contributed by atoms with Crippen LogP contribution in [0.2, 0.25) is 0 Å². The first-order valence-corrected chi connectivity index (χ1v) is 6.29. The van der Waals surface area contributed by atoms with E-state index < -0.39 is 23.3 Å². The molecule has 0 fully saturated rings. The number of nitrogens with zero attached hydrogens (tertiary/aromatic N) is 3. The number of aliphatic carboxylic acids is 1. The Kier molecular flexibility index (Phi) is 4.55. The number of amides is 1. The van der Waals surface area contributed by atoms with Crippen LogP contribution in [0.3, 0.4) is 0 Å². The predicted molar refractivity (Wildman–Crippen MR) is 77.5 cm³/mol. The van der Waals surface area contributed by atoms with Crippen LogP contribution in [0.15, 0.2) is 30.5 Å². The molecule has 0 saturated heterocycles. The van der Waals surface area contributed by atoms with Crippen molar-refractivity contribution in [1.29, 1.82) is 0 Å². The summed E-state index contributed by atoms with van der Waals surface area (Å²) < 4.78 is 6.04. The van der Waals surface area contributed by atoms with Crippen LogP contribution < -0.4 is 10.1 Å². The lowest BCUT2D eigenvalue weighted by Crippen LogP contribution is -2.21. The van der Waals surface area contributed by atoms with E-state index in [2.05, 4.69) is 10.4 Å². The SMILES string of the molecule is COc1cc([N+](=O)[O-])ccc1NC(=O)c1ccnn1CC(=O)O. The molecule has 0 spiro atoms. The molecule has 0 aliphatic rings. The third-order valence-corrected chi connectivity index (χ3v) is 2.88. The summed E-state index contributed by atoms with van der Waals surface area (Å²) in [5.74, 6) is -1.65. The van der Waals surface area contributed by atoms with Crippen molar-refractivity contribution < 1.29 is 24.4 Å². The van der Waals surface area contributed by atoms with Gasteiger partial charge in [0, 0.05) is 12.3 Å². The maximum absolute atomic E-state index is 12.2. The molecule has 0 unspecified atom stereocenters. The van der Waals surface area contributed by atoms with Gasteiger partial charge in [-0.15, -0.1) is 0 Å². The van der Waals surface area contributed by atoms with Crippen molar-refractivity contribution in [3.63, 3.8) is 0 Å². The average Bonchev–Trinajstić information content (AvgIpc) is 2.94. The van der Waals surface area contributed by atoms with E-state index in [9.17, 15) is 19.7 Å². The Morgan fingerprint density at radius 1 is 1.43 bits per heavy atom. The number of ether oxygens (including phenoxy) is 1. The van der Waals surface area contributed by atoms with Gasteiger partial charge in [-0.3, -0.25) is 19.7 Å². The molecule has 1 amide bonds. The lowest BCUT2D eigenvalue weighted by Gasteiger charge is -2.10.